The van der Waals surface area contributed by atoms with Gasteiger partial charge in [0.25, 0.3) is 0 Å². The first kappa shape index (κ1) is 15.9. The lowest BCUT2D eigenvalue weighted by atomic mass is 10.3. The van der Waals surface area contributed by atoms with Crippen LogP contribution in [0.5, 0.6) is 0 Å². The molecule has 120 valence electrons. The number of benzene rings is 1. The molecule has 0 aliphatic rings. The highest BCUT2D eigenvalue weighted by Crippen LogP contribution is 2.20. The maximum atomic E-state index is 10.9. The van der Waals surface area contributed by atoms with Crippen molar-refractivity contribution in [2.24, 2.45) is 5.10 Å². The van der Waals surface area contributed by atoms with Crippen molar-refractivity contribution < 1.29 is 4.92 Å². The number of aromatic nitrogens is 2. The number of rotatable bonds is 5. The smallest absolute Gasteiger partial charge is 0.313 e. The first-order chi connectivity index (χ1) is 11.6. The lowest BCUT2D eigenvalue weighted by Crippen LogP contribution is -2.01. The second-order valence-corrected chi connectivity index (χ2v) is 5.70. The first-order valence-corrected chi connectivity index (χ1v) is 7.76. The van der Waals surface area contributed by atoms with E-state index < -0.39 is 4.92 Å². The molecule has 0 spiro atoms. The van der Waals surface area contributed by atoms with Gasteiger partial charge in [-0.25, -0.2) is 4.98 Å². The van der Waals surface area contributed by atoms with Crippen LogP contribution in [0, 0.1) is 10.1 Å². The molecule has 0 atom stereocenters. The molecule has 2 heterocycles. The summed E-state index contributed by atoms with van der Waals surface area (Å²) in [5, 5.41) is 15.0. The number of anilines is 1. The molecule has 0 fully saturated rings. The predicted octanol–water partition coefficient (Wildman–Crippen LogP) is 3.99. The maximum absolute atomic E-state index is 10.9. The zero-order chi connectivity index (χ0) is 16.9. The molecule has 7 nitrogen and oxygen atoms in total. The zero-order valence-electron chi connectivity index (χ0n) is 12.3. The maximum Gasteiger partial charge on any atom is 0.313 e. The van der Waals surface area contributed by atoms with Crippen LogP contribution in [0.3, 0.4) is 0 Å². The standard InChI is InChI=1S/C16H12BrN5O2/c17-12-4-1-5-13(10-12)21-9-3-6-14(21)11-19-20-16-15(22(23)24)7-2-8-18-16/h1-11H,(H,18,20)/b19-11-. The molecular formula is C16H12BrN5O2. The molecule has 24 heavy (non-hydrogen) atoms. The summed E-state index contributed by atoms with van der Waals surface area (Å²) in [6.07, 6.45) is 4.96. The van der Waals surface area contributed by atoms with Crippen LogP contribution in [-0.2, 0) is 0 Å². The Labute approximate surface area is 145 Å². The van der Waals surface area contributed by atoms with Gasteiger partial charge in [-0.1, -0.05) is 22.0 Å². The topological polar surface area (TPSA) is 85.3 Å². The lowest BCUT2D eigenvalue weighted by molar-refractivity contribution is -0.384. The second-order valence-electron chi connectivity index (χ2n) is 4.78. The van der Waals surface area contributed by atoms with Crippen LogP contribution in [0.25, 0.3) is 5.69 Å². The van der Waals surface area contributed by atoms with Crippen molar-refractivity contribution in [3.63, 3.8) is 0 Å². The quantitative estimate of drug-likeness (QED) is 0.408. The van der Waals surface area contributed by atoms with E-state index in [-0.39, 0.29) is 11.5 Å². The number of hydrazone groups is 1. The van der Waals surface area contributed by atoms with E-state index in [1.54, 1.807) is 6.21 Å². The third-order valence-corrected chi connectivity index (χ3v) is 3.71. The highest BCUT2D eigenvalue weighted by atomic mass is 79.9. The van der Waals surface area contributed by atoms with Gasteiger partial charge in [0, 0.05) is 28.6 Å². The molecule has 0 radical (unpaired) electrons. The van der Waals surface area contributed by atoms with Gasteiger partial charge in [0.15, 0.2) is 0 Å². The molecular weight excluding hydrogens is 374 g/mol. The summed E-state index contributed by atoms with van der Waals surface area (Å²) in [7, 11) is 0. The van der Waals surface area contributed by atoms with Gasteiger partial charge in [-0.2, -0.15) is 5.10 Å². The number of nitrogens with zero attached hydrogens (tertiary/aromatic N) is 4. The molecule has 8 heteroatoms. The first-order valence-electron chi connectivity index (χ1n) is 6.97. The van der Waals surface area contributed by atoms with Crippen LogP contribution >= 0.6 is 15.9 Å². The molecule has 2 aromatic heterocycles. The monoisotopic (exact) mass is 385 g/mol. The number of nitro groups is 1. The molecule has 0 aliphatic carbocycles. The summed E-state index contributed by atoms with van der Waals surface area (Å²) < 4.78 is 2.92. The van der Waals surface area contributed by atoms with Gasteiger partial charge in [0.05, 0.1) is 16.8 Å². The molecule has 0 aliphatic heterocycles. The Bertz CT molecular complexity index is 907. The molecule has 0 bridgehead atoms. The van der Waals surface area contributed by atoms with Crippen LogP contribution < -0.4 is 5.43 Å². The lowest BCUT2D eigenvalue weighted by Gasteiger charge is -2.06. The zero-order valence-corrected chi connectivity index (χ0v) is 13.9. The number of hydrogen-bond acceptors (Lipinski definition) is 5. The Morgan fingerprint density at radius 2 is 2.12 bits per heavy atom. The van der Waals surface area contributed by atoms with Gasteiger partial charge in [-0.05, 0) is 36.4 Å². The van der Waals surface area contributed by atoms with Crippen molar-refractivity contribution in [2.45, 2.75) is 0 Å². The fourth-order valence-corrected chi connectivity index (χ4v) is 2.54. The Balaban J connectivity index is 1.82. The Hall–Kier alpha value is -3.00. The third kappa shape index (κ3) is 3.49. The van der Waals surface area contributed by atoms with Crippen molar-refractivity contribution in [1.29, 1.82) is 0 Å². The van der Waals surface area contributed by atoms with Crippen LogP contribution in [0.1, 0.15) is 5.69 Å². The molecule has 1 N–H and O–H groups in total. The third-order valence-electron chi connectivity index (χ3n) is 3.22. The molecule has 0 amide bonds. The van der Waals surface area contributed by atoms with E-state index in [9.17, 15) is 10.1 Å². The van der Waals surface area contributed by atoms with Gasteiger partial charge >= 0.3 is 5.69 Å². The average molecular weight is 386 g/mol. The number of halogens is 1. The SMILES string of the molecule is O=[N+]([O-])c1cccnc1N/N=C\c1cccn1-c1cccc(Br)c1. The molecule has 1 aromatic carbocycles. The van der Waals surface area contributed by atoms with E-state index in [0.717, 1.165) is 15.9 Å². The highest BCUT2D eigenvalue weighted by molar-refractivity contribution is 9.10. The summed E-state index contributed by atoms with van der Waals surface area (Å²) in [5.74, 6) is 0.0966. The van der Waals surface area contributed by atoms with Gasteiger partial charge in [-0.3, -0.25) is 15.5 Å². The normalized spacial score (nSPS) is 10.9. The molecule has 3 aromatic rings. The largest absolute Gasteiger partial charge is 0.316 e. The Morgan fingerprint density at radius 1 is 1.25 bits per heavy atom. The molecule has 3 rings (SSSR count). The number of nitrogens with one attached hydrogen (secondary N) is 1. The molecule has 0 unspecified atom stereocenters. The Kier molecular flexibility index (Phi) is 4.66. The highest BCUT2D eigenvalue weighted by Gasteiger charge is 2.12. The minimum Gasteiger partial charge on any atom is -0.316 e. The summed E-state index contributed by atoms with van der Waals surface area (Å²) in [6.45, 7) is 0. The van der Waals surface area contributed by atoms with Crippen LogP contribution in [0.2, 0.25) is 0 Å². The van der Waals surface area contributed by atoms with Gasteiger partial charge in [0.2, 0.25) is 5.82 Å². The van der Waals surface area contributed by atoms with E-state index in [0.29, 0.717) is 0 Å². The van der Waals surface area contributed by atoms with Crippen LogP contribution in [0.4, 0.5) is 11.5 Å². The van der Waals surface area contributed by atoms with Crippen molar-refractivity contribution in [3.8, 4) is 5.69 Å². The van der Waals surface area contributed by atoms with Crippen molar-refractivity contribution in [2.75, 3.05) is 5.43 Å². The van der Waals surface area contributed by atoms with Crippen molar-refractivity contribution in [3.05, 3.63) is 81.2 Å². The Morgan fingerprint density at radius 3 is 2.92 bits per heavy atom. The summed E-state index contributed by atoms with van der Waals surface area (Å²) >= 11 is 3.45. The predicted molar refractivity (Wildman–Crippen MR) is 95.6 cm³/mol. The average Bonchev–Trinajstić information content (AvgIpc) is 3.04. The minimum atomic E-state index is -0.505. The van der Waals surface area contributed by atoms with Gasteiger partial charge in [0.1, 0.15) is 0 Å². The van der Waals surface area contributed by atoms with Crippen LogP contribution in [0.15, 0.2) is 70.5 Å². The van der Waals surface area contributed by atoms with Crippen LogP contribution in [-0.4, -0.2) is 20.7 Å². The minimum absolute atomic E-state index is 0.0966. The summed E-state index contributed by atoms with van der Waals surface area (Å²) in [6, 6.07) is 14.5. The van der Waals surface area contributed by atoms with Gasteiger partial charge < -0.3 is 4.57 Å². The molecule has 0 saturated carbocycles. The molecule has 0 saturated heterocycles. The fraction of sp³-hybridized carbons (Fsp3) is 0. The van der Waals surface area contributed by atoms with E-state index in [2.05, 4.69) is 31.4 Å². The van der Waals surface area contributed by atoms with Gasteiger partial charge in [-0.15, -0.1) is 0 Å². The van der Waals surface area contributed by atoms with E-state index in [1.165, 1.54) is 18.3 Å². The van der Waals surface area contributed by atoms with E-state index >= 15 is 0 Å². The summed E-state index contributed by atoms with van der Waals surface area (Å²) in [4.78, 5) is 14.4. The number of hydrogen-bond donors (Lipinski definition) is 1. The van der Waals surface area contributed by atoms with Crippen molar-refractivity contribution in [1.82, 2.24) is 9.55 Å². The summed E-state index contributed by atoms with van der Waals surface area (Å²) in [5.41, 5.74) is 4.28. The van der Waals surface area contributed by atoms with Crippen molar-refractivity contribution >= 4 is 33.6 Å². The number of pyridine rings is 1. The van der Waals surface area contributed by atoms with E-state index in [4.69, 9.17) is 0 Å². The second kappa shape index (κ2) is 7.05. The fourth-order valence-electron chi connectivity index (χ4n) is 2.15. The van der Waals surface area contributed by atoms with E-state index in [1.807, 2.05) is 47.2 Å².